The van der Waals surface area contributed by atoms with Gasteiger partial charge in [0.2, 0.25) is 0 Å². The molecule has 5 heteroatoms. The highest BCUT2D eigenvalue weighted by atomic mass is 16.5. The van der Waals surface area contributed by atoms with Crippen LogP contribution in [-0.2, 0) is 4.74 Å². The molecule has 5 nitrogen and oxygen atoms in total. The molecule has 2 aromatic rings. The topological polar surface area (TPSA) is 62.7 Å². The molecule has 1 unspecified atom stereocenters. The van der Waals surface area contributed by atoms with Gasteiger partial charge in [0.15, 0.2) is 0 Å². The number of nitrogens with zero attached hydrogens (tertiary/aromatic N) is 2. The van der Waals surface area contributed by atoms with E-state index in [0.29, 0.717) is 19.0 Å². The van der Waals surface area contributed by atoms with E-state index in [1.165, 1.54) is 0 Å². The molecule has 0 amide bonds. The molecule has 1 aliphatic heterocycles. The number of hydrogen-bond donors (Lipinski definition) is 1. The summed E-state index contributed by atoms with van der Waals surface area (Å²) in [5.74, 6) is -0.448. The van der Waals surface area contributed by atoms with Gasteiger partial charge in [-0.3, -0.25) is 0 Å². The molecule has 1 aromatic heterocycles. The zero-order valence-electron chi connectivity index (χ0n) is 11.2. The van der Waals surface area contributed by atoms with Crippen LogP contribution in [0.1, 0.15) is 16.8 Å². The number of pyridine rings is 1. The smallest absolute Gasteiger partial charge is 0.339 e. The summed E-state index contributed by atoms with van der Waals surface area (Å²) >= 11 is 0. The number of anilines is 1. The Hall–Kier alpha value is -2.14. The van der Waals surface area contributed by atoms with Crippen molar-refractivity contribution in [3.05, 3.63) is 35.9 Å². The van der Waals surface area contributed by atoms with Crippen LogP contribution in [0, 0.1) is 0 Å². The van der Waals surface area contributed by atoms with Crippen LogP contribution in [0.4, 0.5) is 5.82 Å². The molecule has 1 aliphatic rings. The second-order valence-electron chi connectivity index (χ2n) is 4.99. The van der Waals surface area contributed by atoms with Crippen molar-refractivity contribution in [2.45, 2.75) is 12.5 Å². The van der Waals surface area contributed by atoms with E-state index in [4.69, 9.17) is 4.74 Å². The Kier molecular flexibility index (Phi) is 3.28. The highest BCUT2D eigenvalue weighted by molar-refractivity contribution is 5.98. The summed E-state index contributed by atoms with van der Waals surface area (Å²) < 4.78 is 5.37. The van der Waals surface area contributed by atoms with Crippen LogP contribution in [0.25, 0.3) is 10.9 Å². The predicted molar refractivity (Wildman–Crippen MR) is 76.3 cm³/mol. The fourth-order valence-electron chi connectivity index (χ4n) is 2.53. The number of aromatic carboxylic acids is 1. The molecule has 2 heterocycles. The van der Waals surface area contributed by atoms with E-state index in [0.717, 1.165) is 17.3 Å². The fourth-order valence-corrected chi connectivity index (χ4v) is 2.53. The van der Waals surface area contributed by atoms with Crippen molar-refractivity contribution < 1.29 is 14.6 Å². The lowest BCUT2D eigenvalue weighted by Gasteiger charge is -2.25. The van der Waals surface area contributed by atoms with Gasteiger partial charge in [0.05, 0.1) is 18.2 Å². The number of benzene rings is 1. The lowest BCUT2D eigenvalue weighted by atomic mass is 10.1. The monoisotopic (exact) mass is 272 g/mol. The highest BCUT2D eigenvalue weighted by Gasteiger charge is 2.25. The van der Waals surface area contributed by atoms with Crippen molar-refractivity contribution in [1.82, 2.24) is 4.98 Å². The van der Waals surface area contributed by atoms with Gasteiger partial charge < -0.3 is 14.7 Å². The molecule has 1 N–H and O–H groups in total. The van der Waals surface area contributed by atoms with E-state index in [1.807, 2.05) is 36.2 Å². The lowest BCUT2D eigenvalue weighted by Crippen LogP contribution is -2.33. The fraction of sp³-hybridized carbons (Fsp3) is 0.333. The van der Waals surface area contributed by atoms with Crippen molar-refractivity contribution >= 4 is 22.7 Å². The van der Waals surface area contributed by atoms with Gasteiger partial charge >= 0.3 is 5.97 Å². The van der Waals surface area contributed by atoms with E-state index >= 15 is 0 Å². The summed E-state index contributed by atoms with van der Waals surface area (Å²) in [6, 6.07) is 9.41. The Labute approximate surface area is 116 Å². The highest BCUT2D eigenvalue weighted by Crippen LogP contribution is 2.26. The first-order chi connectivity index (χ1) is 9.66. The van der Waals surface area contributed by atoms with E-state index in [2.05, 4.69) is 4.98 Å². The van der Waals surface area contributed by atoms with Crippen LogP contribution in [0.2, 0.25) is 0 Å². The third kappa shape index (κ3) is 2.20. The average Bonchev–Trinajstić information content (AvgIpc) is 2.99. The van der Waals surface area contributed by atoms with Gasteiger partial charge in [-0.1, -0.05) is 18.2 Å². The molecule has 0 radical (unpaired) electrons. The standard InChI is InChI=1S/C15H16N2O3/c1-17(11-6-7-20-9-11)14-12(15(18)19)8-10-4-2-3-5-13(10)16-14/h2-5,8,11H,6-7,9H2,1H3,(H,18,19). The van der Waals surface area contributed by atoms with Crippen molar-refractivity contribution in [2.24, 2.45) is 0 Å². The zero-order chi connectivity index (χ0) is 14.1. The average molecular weight is 272 g/mol. The summed E-state index contributed by atoms with van der Waals surface area (Å²) in [6.45, 7) is 1.33. The predicted octanol–water partition coefficient (Wildman–Crippen LogP) is 2.16. The third-order valence-corrected chi connectivity index (χ3v) is 3.72. The molecular weight excluding hydrogens is 256 g/mol. The maximum atomic E-state index is 11.5. The first-order valence-corrected chi connectivity index (χ1v) is 6.60. The Balaban J connectivity index is 2.11. The van der Waals surface area contributed by atoms with Crippen LogP contribution in [0.3, 0.4) is 0 Å². The van der Waals surface area contributed by atoms with Crippen molar-refractivity contribution in [1.29, 1.82) is 0 Å². The van der Waals surface area contributed by atoms with Crippen LogP contribution in [0.15, 0.2) is 30.3 Å². The first-order valence-electron chi connectivity index (χ1n) is 6.60. The lowest BCUT2D eigenvalue weighted by molar-refractivity contribution is 0.0697. The minimum absolute atomic E-state index is 0.182. The Bertz CT molecular complexity index is 651. The van der Waals surface area contributed by atoms with Gasteiger partial charge in [-0.25, -0.2) is 9.78 Å². The molecule has 0 bridgehead atoms. The quantitative estimate of drug-likeness (QED) is 0.927. The summed E-state index contributed by atoms with van der Waals surface area (Å²) in [5, 5.41) is 10.3. The number of fused-ring (bicyclic) bond motifs is 1. The second-order valence-corrected chi connectivity index (χ2v) is 4.99. The van der Waals surface area contributed by atoms with Crippen LogP contribution >= 0.6 is 0 Å². The summed E-state index contributed by atoms with van der Waals surface area (Å²) in [5.41, 5.74) is 1.04. The molecule has 1 aromatic carbocycles. The maximum absolute atomic E-state index is 11.5. The Morgan fingerprint density at radius 1 is 1.45 bits per heavy atom. The molecule has 0 aliphatic carbocycles. The van der Waals surface area contributed by atoms with Crippen molar-refractivity contribution in [3.63, 3.8) is 0 Å². The van der Waals surface area contributed by atoms with E-state index in [1.54, 1.807) is 6.07 Å². The van der Waals surface area contributed by atoms with Crippen LogP contribution in [-0.4, -0.2) is 42.4 Å². The van der Waals surface area contributed by atoms with Crippen molar-refractivity contribution in [3.8, 4) is 0 Å². The minimum Gasteiger partial charge on any atom is -0.478 e. The Morgan fingerprint density at radius 3 is 2.95 bits per heavy atom. The second kappa shape index (κ2) is 5.09. The van der Waals surface area contributed by atoms with Gasteiger partial charge in [-0.05, 0) is 18.6 Å². The number of aromatic nitrogens is 1. The Morgan fingerprint density at radius 2 is 2.25 bits per heavy atom. The van der Waals surface area contributed by atoms with Gasteiger partial charge in [0, 0.05) is 19.0 Å². The van der Waals surface area contributed by atoms with Gasteiger partial charge in [0.25, 0.3) is 0 Å². The summed E-state index contributed by atoms with van der Waals surface area (Å²) in [7, 11) is 1.88. The van der Waals surface area contributed by atoms with Crippen LogP contribution < -0.4 is 4.90 Å². The molecular formula is C15H16N2O3. The molecule has 1 atom stereocenters. The van der Waals surface area contributed by atoms with E-state index in [-0.39, 0.29) is 11.6 Å². The SMILES string of the molecule is CN(c1nc2ccccc2cc1C(=O)O)C1CCOC1. The number of likely N-dealkylation sites (N-methyl/N-ethyl adjacent to an activating group) is 1. The normalized spacial score (nSPS) is 18.4. The molecule has 20 heavy (non-hydrogen) atoms. The summed E-state index contributed by atoms with van der Waals surface area (Å²) in [6.07, 6.45) is 0.893. The molecule has 1 fully saturated rings. The zero-order valence-corrected chi connectivity index (χ0v) is 11.2. The number of para-hydroxylation sites is 1. The molecule has 1 saturated heterocycles. The summed E-state index contributed by atoms with van der Waals surface area (Å²) in [4.78, 5) is 17.9. The molecule has 0 saturated carbocycles. The number of ether oxygens (including phenoxy) is 1. The van der Waals surface area contributed by atoms with E-state index in [9.17, 15) is 9.90 Å². The number of carbonyl (C=O) groups is 1. The third-order valence-electron chi connectivity index (χ3n) is 3.72. The number of carboxylic acids is 1. The van der Waals surface area contributed by atoms with E-state index < -0.39 is 5.97 Å². The maximum Gasteiger partial charge on any atom is 0.339 e. The largest absolute Gasteiger partial charge is 0.478 e. The number of rotatable bonds is 3. The molecule has 104 valence electrons. The number of carboxylic acid groups (broad SMARTS) is 1. The minimum atomic E-state index is -0.955. The molecule has 0 spiro atoms. The van der Waals surface area contributed by atoms with Gasteiger partial charge in [-0.2, -0.15) is 0 Å². The van der Waals surface area contributed by atoms with Crippen molar-refractivity contribution in [2.75, 3.05) is 25.2 Å². The molecule has 3 rings (SSSR count). The number of hydrogen-bond acceptors (Lipinski definition) is 4. The van der Waals surface area contributed by atoms with Gasteiger partial charge in [0.1, 0.15) is 11.4 Å². The van der Waals surface area contributed by atoms with Crippen LogP contribution in [0.5, 0.6) is 0 Å². The first kappa shape index (κ1) is 12.9. The van der Waals surface area contributed by atoms with Gasteiger partial charge in [-0.15, -0.1) is 0 Å².